The average molecular weight is 456 g/mol. The van der Waals surface area contributed by atoms with Gasteiger partial charge in [0.2, 0.25) is 5.82 Å². The summed E-state index contributed by atoms with van der Waals surface area (Å²) in [6, 6.07) is 0. The number of aromatic nitrogens is 5. The van der Waals surface area contributed by atoms with Crippen LogP contribution in [0.3, 0.4) is 0 Å². The normalized spacial score (nSPS) is 22.1. The number of amides is 2. The minimum absolute atomic E-state index is 0.0307. The van der Waals surface area contributed by atoms with Gasteiger partial charge in [-0.05, 0) is 5.92 Å². The largest absolute Gasteiger partial charge is 0.441 e. The standard InChI is InChI=1S/C19H20N8O6/c1-21-16(30)13-11(28)12(29)19(33-13)27-8-23-10-14(20)24-9(25-15(10)27)4-3-6-26(2)18(31)17-22-5-7-32-17/h5,7-8,11-13,19,28-29H,6H2,1-2H3,(H,21,30)(H2,20,24,25)/t11?,12-,13+,19-/m1/s1. The fourth-order valence-electron chi connectivity index (χ4n) is 3.23. The second kappa shape index (κ2) is 8.82. The molecule has 4 heterocycles. The highest BCUT2D eigenvalue weighted by Crippen LogP contribution is 2.32. The van der Waals surface area contributed by atoms with Crippen LogP contribution in [0.4, 0.5) is 5.82 Å². The Hall–Kier alpha value is -4.06. The summed E-state index contributed by atoms with van der Waals surface area (Å²) in [7, 11) is 2.92. The summed E-state index contributed by atoms with van der Waals surface area (Å²) in [6.45, 7) is 0.0340. The van der Waals surface area contributed by atoms with Crippen molar-refractivity contribution in [2.24, 2.45) is 0 Å². The van der Waals surface area contributed by atoms with Crippen molar-refractivity contribution in [3.05, 3.63) is 30.5 Å². The molecule has 2 amide bonds. The summed E-state index contributed by atoms with van der Waals surface area (Å²) in [5.74, 6) is 4.46. The zero-order valence-corrected chi connectivity index (χ0v) is 17.5. The summed E-state index contributed by atoms with van der Waals surface area (Å²) >= 11 is 0. The van der Waals surface area contributed by atoms with Crippen molar-refractivity contribution < 1.29 is 29.0 Å². The summed E-state index contributed by atoms with van der Waals surface area (Å²) in [4.78, 5) is 41.7. The van der Waals surface area contributed by atoms with Crippen LogP contribution in [-0.4, -0.2) is 90.4 Å². The number of fused-ring (bicyclic) bond motifs is 1. The van der Waals surface area contributed by atoms with Crippen molar-refractivity contribution in [3.8, 4) is 11.8 Å². The second-order valence-corrected chi connectivity index (χ2v) is 7.10. The molecule has 3 aromatic rings. The number of ether oxygens (including phenoxy) is 1. The molecule has 172 valence electrons. The molecule has 0 aliphatic carbocycles. The molecule has 0 radical (unpaired) electrons. The highest BCUT2D eigenvalue weighted by molar-refractivity contribution is 5.89. The first-order valence-corrected chi connectivity index (χ1v) is 9.69. The molecular weight excluding hydrogens is 436 g/mol. The Morgan fingerprint density at radius 2 is 2.09 bits per heavy atom. The molecule has 0 spiro atoms. The number of nitrogens with one attached hydrogen (secondary N) is 1. The number of oxazole rings is 1. The Morgan fingerprint density at radius 1 is 1.30 bits per heavy atom. The number of nitrogens with two attached hydrogens (primary N) is 1. The zero-order chi connectivity index (χ0) is 23.7. The first-order chi connectivity index (χ1) is 15.8. The number of aliphatic hydroxyl groups is 2. The Labute approximate surface area is 186 Å². The van der Waals surface area contributed by atoms with Gasteiger partial charge in [-0.25, -0.2) is 19.9 Å². The summed E-state index contributed by atoms with van der Waals surface area (Å²) < 4.78 is 11.9. The van der Waals surface area contributed by atoms with Crippen molar-refractivity contribution in [3.63, 3.8) is 0 Å². The lowest BCUT2D eigenvalue weighted by atomic mass is 10.1. The lowest BCUT2D eigenvalue weighted by Crippen LogP contribution is -2.41. The first-order valence-electron chi connectivity index (χ1n) is 9.69. The number of hydrogen-bond acceptors (Lipinski definition) is 11. The maximum absolute atomic E-state index is 12.1. The molecular formula is C19H20N8O6. The third kappa shape index (κ3) is 4.07. The summed E-state index contributed by atoms with van der Waals surface area (Å²) in [5, 5.41) is 23.0. The van der Waals surface area contributed by atoms with Gasteiger partial charge in [0.05, 0.1) is 19.1 Å². The van der Waals surface area contributed by atoms with Crippen LogP contribution in [0.1, 0.15) is 22.7 Å². The van der Waals surface area contributed by atoms with Crippen LogP contribution in [0, 0.1) is 11.8 Å². The number of anilines is 1. The molecule has 0 bridgehead atoms. The van der Waals surface area contributed by atoms with Gasteiger partial charge in [0.15, 0.2) is 23.8 Å². The van der Waals surface area contributed by atoms with E-state index in [-0.39, 0.29) is 35.2 Å². The quantitative estimate of drug-likeness (QED) is 0.314. The molecule has 1 aliphatic heterocycles. The van der Waals surface area contributed by atoms with Gasteiger partial charge in [0, 0.05) is 14.1 Å². The smallest absolute Gasteiger partial charge is 0.310 e. The van der Waals surface area contributed by atoms with E-state index in [9.17, 15) is 19.8 Å². The fraction of sp³-hybridized carbons (Fsp3) is 0.368. The number of hydrogen-bond donors (Lipinski definition) is 4. The van der Waals surface area contributed by atoms with Crippen molar-refractivity contribution >= 4 is 28.8 Å². The molecule has 1 aliphatic rings. The lowest BCUT2D eigenvalue weighted by Gasteiger charge is -2.16. The number of nitrogens with zero attached hydrogens (tertiary/aromatic N) is 6. The lowest BCUT2D eigenvalue weighted by molar-refractivity contribution is -0.137. The molecule has 4 atom stereocenters. The van der Waals surface area contributed by atoms with E-state index in [1.165, 1.54) is 42.3 Å². The fourth-order valence-corrected chi connectivity index (χ4v) is 3.23. The third-order valence-electron chi connectivity index (χ3n) is 4.94. The van der Waals surface area contributed by atoms with Crippen LogP contribution in [0.25, 0.3) is 11.2 Å². The van der Waals surface area contributed by atoms with Crippen LogP contribution in [0.5, 0.6) is 0 Å². The van der Waals surface area contributed by atoms with E-state index in [4.69, 9.17) is 14.9 Å². The number of nitrogen functional groups attached to an aromatic ring is 1. The first kappa shape index (κ1) is 22.1. The van der Waals surface area contributed by atoms with E-state index in [0.29, 0.717) is 0 Å². The predicted octanol–water partition coefficient (Wildman–Crippen LogP) is -2.11. The summed E-state index contributed by atoms with van der Waals surface area (Å²) in [5.41, 5.74) is 6.39. The Morgan fingerprint density at radius 3 is 2.79 bits per heavy atom. The topological polar surface area (TPSA) is 195 Å². The predicted molar refractivity (Wildman–Crippen MR) is 110 cm³/mol. The average Bonchev–Trinajstić information content (AvgIpc) is 3.54. The van der Waals surface area contributed by atoms with Gasteiger partial charge >= 0.3 is 5.91 Å². The molecule has 1 fully saturated rings. The maximum atomic E-state index is 12.1. The van der Waals surface area contributed by atoms with Crippen molar-refractivity contribution in [2.75, 3.05) is 26.4 Å². The number of carbonyl (C=O) groups excluding carboxylic acids is 2. The summed E-state index contributed by atoms with van der Waals surface area (Å²) in [6.07, 6.45) is -1.34. The number of carbonyl (C=O) groups is 2. The van der Waals surface area contributed by atoms with Gasteiger partial charge in [-0.3, -0.25) is 14.2 Å². The van der Waals surface area contributed by atoms with E-state index in [2.05, 4.69) is 37.1 Å². The van der Waals surface area contributed by atoms with E-state index in [0.717, 1.165) is 0 Å². The minimum atomic E-state index is -1.46. The van der Waals surface area contributed by atoms with Gasteiger partial charge in [0.25, 0.3) is 11.8 Å². The highest BCUT2D eigenvalue weighted by Gasteiger charge is 2.47. The molecule has 14 heteroatoms. The van der Waals surface area contributed by atoms with E-state index >= 15 is 0 Å². The monoisotopic (exact) mass is 456 g/mol. The van der Waals surface area contributed by atoms with Crippen LogP contribution in [0.15, 0.2) is 23.2 Å². The number of likely N-dealkylation sites (N-methyl/N-ethyl adjacent to an activating group) is 1. The molecule has 33 heavy (non-hydrogen) atoms. The third-order valence-corrected chi connectivity index (χ3v) is 4.94. The maximum Gasteiger partial charge on any atom is 0.310 e. The Balaban J connectivity index is 1.58. The van der Waals surface area contributed by atoms with Gasteiger partial charge < -0.3 is 35.3 Å². The Bertz CT molecular complexity index is 1250. The van der Waals surface area contributed by atoms with Crippen LogP contribution in [-0.2, 0) is 9.53 Å². The van der Waals surface area contributed by atoms with Gasteiger partial charge in [-0.15, -0.1) is 0 Å². The molecule has 5 N–H and O–H groups in total. The number of imidazole rings is 1. The Kier molecular flexibility index (Phi) is 5.92. The number of aliphatic hydroxyl groups excluding tert-OH is 2. The number of rotatable bonds is 4. The van der Waals surface area contributed by atoms with Gasteiger partial charge in [-0.1, -0.05) is 5.92 Å². The molecule has 0 aromatic carbocycles. The van der Waals surface area contributed by atoms with E-state index < -0.39 is 36.4 Å². The zero-order valence-electron chi connectivity index (χ0n) is 17.5. The van der Waals surface area contributed by atoms with Gasteiger partial charge in [-0.2, -0.15) is 0 Å². The van der Waals surface area contributed by atoms with Crippen molar-refractivity contribution in [1.29, 1.82) is 0 Å². The second-order valence-electron chi connectivity index (χ2n) is 7.10. The van der Waals surface area contributed by atoms with E-state index in [1.807, 2.05) is 0 Å². The van der Waals surface area contributed by atoms with Crippen molar-refractivity contribution in [1.82, 2.24) is 34.7 Å². The molecule has 1 unspecified atom stereocenters. The van der Waals surface area contributed by atoms with Crippen LogP contribution >= 0.6 is 0 Å². The minimum Gasteiger partial charge on any atom is -0.441 e. The van der Waals surface area contributed by atoms with Gasteiger partial charge in [0.1, 0.15) is 24.0 Å². The molecule has 4 rings (SSSR count). The van der Waals surface area contributed by atoms with Crippen LogP contribution < -0.4 is 11.1 Å². The van der Waals surface area contributed by atoms with Crippen molar-refractivity contribution in [2.45, 2.75) is 24.5 Å². The molecule has 0 saturated carbocycles. The van der Waals surface area contributed by atoms with E-state index in [1.54, 1.807) is 0 Å². The highest BCUT2D eigenvalue weighted by atomic mass is 16.6. The molecule has 14 nitrogen and oxygen atoms in total. The molecule has 3 aromatic heterocycles. The van der Waals surface area contributed by atoms with Crippen LogP contribution in [0.2, 0.25) is 0 Å². The molecule has 1 saturated heterocycles. The SMILES string of the molecule is CNC(=O)[C@H]1O[C@@H](n2cnc3c(N)nc(C#CCN(C)C(=O)c4ncco4)nc32)[C@H](O)C1O.